The van der Waals surface area contributed by atoms with E-state index in [1.807, 2.05) is 6.07 Å². The van der Waals surface area contributed by atoms with Crippen LogP contribution in [0.5, 0.6) is 0 Å². The highest BCUT2D eigenvalue weighted by Crippen LogP contribution is 2.14. The molecule has 0 spiro atoms. The van der Waals surface area contributed by atoms with E-state index in [1.165, 1.54) is 0 Å². The number of hydrogen-bond acceptors (Lipinski definition) is 4. The molecule has 94 valence electrons. The number of nitrogens with zero attached hydrogens (tertiary/aromatic N) is 2. The first-order valence-electron chi connectivity index (χ1n) is 6.27. The summed E-state index contributed by atoms with van der Waals surface area (Å²) in [5.41, 5.74) is 1.11. The molecule has 1 atom stereocenters. The number of pyridine rings is 1. The Morgan fingerprint density at radius 3 is 3.12 bits per heavy atom. The predicted octanol–water partition coefficient (Wildman–Crippen LogP) is 1.73. The van der Waals surface area contributed by atoms with Gasteiger partial charge in [0.1, 0.15) is 5.82 Å². The zero-order valence-electron chi connectivity index (χ0n) is 10.6. The summed E-state index contributed by atoms with van der Waals surface area (Å²) < 4.78 is 5.40. The molecule has 1 aromatic rings. The van der Waals surface area contributed by atoms with Crippen LogP contribution in [0.3, 0.4) is 0 Å². The fourth-order valence-electron chi connectivity index (χ4n) is 2.10. The number of anilines is 1. The van der Waals surface area contributed by atoms with Crippen molar-refractivity contribution in [2.75, 3.05) is 32.1 Å². The van der Waals surface area contributed by atoms with Crippen LogP contribution in [0.2, 0.25) is 0 Å². The molecular weight excluding hydrogens is 214 g/mol. The Morgan fingerprint density at radius 1 is 1.53 bits per heavy atom. The van der Waals surface area contributed by atoms with E-state index >= 15 is 0 Å². The first-order valence-corrected chi connectivity index (χ1v) is 6.27. The third-order valence-electron chi connectivity index (χ3n) is 3.11. The van der Waals surface area contributed by atoms with Crippen LogP contribution in [0.1, 0.15) is 19.0 Å². The second kappa shape index (κ2) is 5.98. The van der Waals surface area contributed by atoms with Gasteiger partial charge < -0.3 is 10.1 Å². The van der Waals surface area contributed by atoms with Gasteiger partial charge in [0.2, 0.25) is 0 Å². The van der Waals surface area contributed by atoms with Crippen LogP contribution in [0.25, 0.3) is 0 Å². The zero-order valence-corrected chi connectivity index (χ0v) is 10.6. The number of rotatable bonds is 5. The van der Waals surface area contributed by atoms with Crippen LogP contribution in [-0.2, 0) is 11.3 Å². The second-order valence-electron chi connectivity index (χ2n) is 4.48. The van der Waals surface area contributed by atoms with Crippen molar-refractivity contribution in [3.05, 3.63) is 23.9 Å². The summed E-state index contributed by atoms with van der Waals surface area (Å²) in [6.45, 7) is 5.61. The van der Waals surface area contributed by atoms with E-state index in [4.69, 9.17) is 4.74 Å². The molecule has 17 heavy (non-hydrogen) atoms. The first-order chi connectivity index (χ1) is 8.29. The summed E-state index contributed by atoms with van der Waals surface area (Å²) in [6.07, 6.45) is 1.13. The Balaban J connectivity index is 1.94. The minimum atomic E-state index is 0.541. The normalized spacial score (nSPS) is 19.8. The third kappa shape index (κ3) is 3.41. The molecule has 1 aromatic heterocycles. The maximum atomic E-state index is 5.40. The van der Waals surface area contributed by atoms with Gasteiger partial charge >= 0.3 is 0 Å². The molecular formula is C13H21N3O. The monoisotopic (exact) mass is 235 g/mol. The second-order valence-corrected chi connectivity index (χ2v) is 4.48. The van der Waals surface area contributed by atoms with Gasteiger partial charge in [-0.05, 0) is 32.5 Å². The molecule has 2 rings (SSSR count). The van der Waals surface area contributed by atoms with Gasteiger partial charge in [0.15, 0.2) is 0 Å². The van der Waals surface area contributed by atoms with Gasteiger partial charge in [-0.3, -0.25) is 4.90 Å². The number of likely N-dealkylation sites (N-methyl/N-ethyl adjacent to an activating group) is 1. The molecule has 1 fully saturated rings. The summed E-state index contributed by atoms with van der Waals surface area (Å²) in [7, 11) is 2.14. The summed E-state index contributed by atoms with van der Waals surface area (Å²) in [5, 5.41) is 3.24. The van der Waals surface area contributed by atoms with Crippen molar-refractivity contribution in [2.45, 2.75) is 25.9 Å². The Morgan fingerprint density at radius 2 is 2.41 bits per heavy atom. The van der Waals surface area contributed by atoms with Crippen LogP contribution < -0.4 is 5.32 Å². The highest BCUT2D eigenvalue weighted by Gasteiger charge is 2.20. The first kappa shape index (κ1) is 12.3. The van der Waals surface area contributed by atoms with Crippen molar-refractivity contribution in [3.8, 4) is 0 Å². The molecule has 1 aliphatic rings. The standard InChI is InChI=1S/C13H21N3O/c1-3-14-13-6-4-5-11(15-13)9-16(2)12-7-8-17-10-12/h4-6,12H,3,7-10H2,1-2H3,(H,14,15). The minimum Gasteiger partial charge on any atom is -0.380 e. The fourth-order valence-corrected chi connectivity index (χ4v) is 2.10. The smallest absolute Gasteiger partial charge is 0.126 e. The molecule has 1 N–H and O–H groups in total. The molecule has 0 aliphatic carbocycles. The van der Waals surface area contributed by atoms with Gasteiger partial charge in [0, 0.05) is 25.7 Å². The molecule has 0 amide bonds. The molecule has 1 unspecified atom stereocenters. The zero-order chi connectivity index (χ0) is 12.1. The van der Waals surface area contributed by atoms with Crippen molar-refractivity contribution in [3.63, 3.8) is 0 Å². The lowest BCUT2D eigenvalue weighted by atomic mass is 10.2. The van der Waals surface area contributed by atoms with E-state index in [1.54, 1.807) is 0 Å². The molecule has 0 aromatic carbocycles. The summed E-state index contributed by atoms with van der Waals surface area (Å²) in [5.74, 6) is 0.959. The molecule has 0 bridgehead atoms. The largest absolute Gasteiger partial charge is 0.380 e. The lowest BCUT2D eigenvalue weighted by molar-refractivity contribution is 0.156. The molecule has 1 saturated heterocycles. The summed E-state index contributed by atoms with van der Waals surface area (Å²) in [6, 6.07) is 6.68. The average Bonchev–Trinajstić information content (AvgIpc) is 2.83. The highest BCUT2D eigenvalue weighted by molar-refractivity contribution is 5.34. The van der Waals surface area contributed by atoms with Gasteiger partial charge in [-0.2, -0.15) is 0 Å². The number of nitrogens with one attached hydrogen (secondary N) is 1. The van der Waals surface area contributed by atoms with E-state index in [9.17, 15) is 0 Å². The summed E-state index contributed by atoms with van der Waals surface area (Å²) >= 11 is 0. The Hall–Kier alpha value is -1.13. The van der Waals surface area contributed by atoms with Crippen molar-refractivity contribution in [1.82, 2.24) is 9.88 Å². The number of ether oxygens (including phenoxy) is 1. The van der Waals surface area contributed by atoms with Crippen molar-refractivity contribution < 1.29 is 4.74 Å². The Bertz CT molecular complexity index is 350. The van der Waals surface area contributed by atoms with E-state index in [-0.39, 0.29) is 0 Å². The lowest BCUT2D eigenvalue weighted by Gasteiger charge is -2.22. The van der Waals surface area contributed by atoms with Gasteiger partial charge in [-0.15, -0.1) is 0 Å². The quantitative estimate of drug-likeness (QED) is 0.843. The maximum absolute atomic E-state index is 5.40. The topological polar surface area (TPSA) is 37.4 Å². The van der Waals surface area contributed by atoms with E-state index in [0.29, 0.717) is 6.04 Å². The van der Waals surface area contributed by atoms with Gasteiger partial charge in [-0.25, -0.2) is 4.98 Å². The maximum Gasteiger partial charge on any atom is 0.126 e. The van der Waals surface area contributed by atoms with Crippen molar-refractivity contribution in [2.24, 2.45) is 0 Å². The van der Waals surface area contributed by atoms with E-state index < -0.39 is 0 Å². The van der Waals surface area contributed by atoms with Crippen LogP contribution in [0.4, 0.5) is 5.82 Å². The van der Waals surface area contributed by atoms with Crippen molar-refractivity contribution >= 4 is 5.82 Å². The van der Waals surface area contributed by atoms with Crippen molar-refractivity contribution in [1.29, 1.82) is 0 Å². The lowest BCUT2D eigenvalue weighted by Crippen LogP contribution is -2.31. The van der Waals surface area contributed by atoms with Gasteiger partial charge in [0.25, 0.3) is 0 Å². The third-order valence-corrected chi connectivity index (χ3v) is 3.11. The number of aromatic nitrogens is 1. The molecule has 2 heterocycles. The molecule has 1 aliphatic heterocycles. The highest BCUT2D eigenvalue weighted by atomic mass is 16.5. The van der Waals surface area contributed by atoms with Crippen LogP contribution >= 0.6 is 0 Å². The SMILES string of the molecule is CCNc1cccc(CN(C)C2CCOC2)n1. The number of hydrogen-bond donors (Lipinski definition) is 1. The van der Waals surface area contributed by atoms with Crippen LogP contribution in [0, 0.1) is 0 Å². The van der Waals surface area contributed by atoms with Gasteiger partial charge in [-0.1, -0.05) is 6.07 Å². The van der Waals surface area contributed by atoms with Gasteiger partial charge in [0.05, 0.1) is 12.3 Å². The van der Waals surface area contributed by atoms with Crippen LogP contribution in [-0.4, -0.2) is 42.7 Å². The summed E-state index contributed by atoms with van der Waals surface area (Å²) in [4.78, 5) is 6.90. The average molecular weight is 235 g/mol. The van der Waals surface area contributed by atoms with E-state index in [2.05, 4.69) is 41.3 Å². The fraction of sp³-hybridized carbons (Fsp3) is 0.615. The minimum absolute atomic E-state index is 0.541. The van der Waals surface area contributed by atoms with Crippen LogP contribution in [0.15, 0.2) is 18.2 Å². The van der Waals surface area contributed by atoms with E-state index in [0.717, 1.165) is 44.2 Å². The molecule has 0 radical (unpaired) electrons. The predicted molar refractivity (Wildman–Crippen MR) is 69.1 cm³/mol. The molecule has 4 heteroatoms. The molecule has 4 nitrogen and oxygen atoms in total. The Kier molecular flexibility index (Phi) is 4.34. The Labute approximate surface area is 103 Å². The molecule has 0 saturated carbocycles.